The third kappa shape index (κ3) is 5.49. The zero-order valence-electron chi connectivity index (χ0n) is 31.9. The van der Waals surface area contributed by atoms with Crippen molar-refractivity contribution in [2.75, 3.05) is 0 Å². The van der Waals surface area contributed by atoms with Crippen molar-refractivity contribution in [3.63, 3.8) is 0 Å². The molecular weight excluding hydrogens is 717 g/mol. The number of hydrogen-bond acceptors (Lipinski definition) is 3. The number of fused-ring (bicyclic) bond motifs is 7. The van der Waals surface area contributed by atoms with E-state index in [0.29, 0.717) is 17.5 Å². The van der Waals surface area contributed by atoms with Gasteiger partial charge in [-0.05, 0) is 85.9 Å². The van der Waals surface area contributed by atoms with Gasteiger partial charge in [-0.15, -0.1) is 0 Å². The Labute approximate surface area is 340 Å². The van der Waals surface area contributed by atoms with Crippen LogP contribution >= 0.6 is 0 Å². The van der Waals surface area contributed by atoms with Gasteiger partial charge in [0.05, 0.1) is 16.7 Å². The summed E-state index contributed by atoms with van der Waals surface area (Å²) in [6.07, 6.45) is 0. The molecule has 4 nitrogen and oxygen atoms in total. The first-order valence-corrected chi connectivity index (χ1v) is 20.0. The summed E-state index contributed by atoms with van der Waals surface area (Å²) in [4.78, 5) is 15.7. The van der Waals surface area contributed by atoms with Crippen LogP contribution in [0.5, 0.6) is 0 Å². The molecule has 0 saturated carbocycles. The van der Waals surface area contributed by atoms with E-state index < -0.39 is 0 Å². The summed E-state index contributed by atoms with van der Waals surface area (Å²) in [7, 11) is 0. The van der Waals surface area contributed by atoms with E-state index in [1.807, 2.05) is 18.2 Å². The molecule has 59 heavy (non-hydrogen) atoms. The van der Waals surface area contributed by atoms with Crippen LogP contribution in [0.3, 0.4) is 0 Å². The van der Waals surface area contributed by atoms with Gasteiger partial charge in [-0.3, -0.25) is 0 Å². The highest BCUT2D eigenvalue weighted by Crippen LogP contribution is 2.43. The molecule has 0 bridgehead atoms. The van der Waals surface area contributed by atoms with Crippen molar-refractivity contribution in [1.29, 1.82) is 0 Å². The molecule has 2 heterocycles. The van der Waals surface area contributed by atoms with Crippen molar-refractivity contribution in [1.82, 2.24) is 19.5 Å². The Morgan fingerprint density at radius 2 is 0.797 bits per heavy atom. The first-order valence-electron chi connectivity index (χ1n) is 20.0. The minimum absolute atomic E-state index is 0.626. The summed E-state index contributed by atoms with van der Waals surface area (Å²) < 4.78 is 2.47. The van der Waals surface area contributed by atoms with Crippen LogP contribution in [0, 0.1) is 0 Å². The van der Waals surface area contributed by atoms with Gasteiger partial charge >= 0.3 is 0 Å². The van der Waals surface area contributed by atoms with Gasteiger partial charge in [0.15, 0.2) is 17.5 Å². The molecule has 0 aliphatic rings. The monoisotopic (exact) mass is 750 g/mol. The summed E-state index contributed by atoms with van der Waals surface area (Å²) in [6, 6.07) is 73.6. The quantitative estimate of drug-likeness (QED) is 0.176. The molecule has 0 aliphatic carbocycles. The predicted octanol–water partition coefficient (Wildman–Crippen LogP) is 14.2. The van der Waals surface area contributed by atoms with Crippen LogP contribution < -0.4 is 0 Å². The van der Waals surface area contributed by atoms with E-state index in [1.165, 1.54) is 48.7 Å². The van der Waals surface area contributed by atoms with E-state index in [-0.39, 0.29) is 0 Å². The van der Waals surface area contributed by atoms with Crippen LogP contribution in [-0.4, -0.2) is 19.5 Å². The molecule has 12 rings (SSSR count). The number of benzene rings is 10. The fraction of sp³-hybridized carbons (Fsp3) is 0. The van der Waals surface area contributed by atoms with Crippen LogP contribution in [0.25, 0.3) is 116 Å². The van der Waals surface area contributed by atoms with Gasteiger partial charge < -0.3 is 4.57 Å². The van der Waals surface area contributed by atoms with Gasteiger partial charge in [0.2, 0.25) is 0 Å². The maximum atomic E-state index is 5.32. The summed E-state index contributed by atoms with van der Waals surface area (Å²) in [5.41, 5.74) is 8.50. The molecule has 4 heteroatoms. The number of nitrogens with zero attached hydrogens (tertiary/aromatic N) is 4. The first-order chi connectivity index (χ1) is 29.2. The normalized spacial score (nSPS) is 11.7. The molecule has 0 spiro atoms. The maximum Gasteiger partial charge on any atom is 0.164 e. The van der Waals surface area contributed by atoms with E-state index in [2.05, 4.69) is 193 Å². The lowest BCUT2D eigenvalue weighted by atomic mass is 9.93. The van der Waals surface area contributed by atoms with E-state index in [4.69, 9.17) is 15.0 Å². The van der Waals surface area contributed by atoms with E-state index in [9.17, 15) is 0 Å². The topological polar surface area (TPSA) is 43.6 Å². The maximum absolute atomic E-state index is 5.32. The average molecular weight is 751 g/mol. The Bertz CT molecular complexity index is 3510. The van der Waals surface area contributed by atoms with Crippen molar-refractivity contribution >= 4 is 64.9 Å². The lowest BCUT2D eigenvalue weighted by Crippen LogP contribution is -2.02. The van der Waals surface area contributed by atoms with Gasteiger partial charge in [0.25, 0.3) is 0 Å². The van der Waals surface area contributed by atoms with Crippen LogP contribution in [0.2, 0.25) is 0 Å². The average Bonchev–Trinajstić information content (AvgIpc) is 3.61. The molecule has 274 valence electrons. The van der Waals surface area contributed by atoms with Crippen molar-refractivity contribution in [3.8, 4) is 51.0 Å². The Morgan fingerprint density at radius 3 is 1.42 bits per heavy atom. The summed E-state index contributed by atoms with van der Waals surface area (Å²) >= 11 is 0. The third-order valence-corrected chi connectivity index (χ3v) is 11.8. The van der Waals surface area contributed by atoms with Crippen molar-refractivity contribution < 1.29 is 0 Å². The lowest BCUT2D eigenvalue weighted by Gasteiger charge is -2.18. The molecule has 0 atom stereocenters. The molecule has 0 amide bonds. The largest absolute Gasteiger partial charge is 0.309 e. The zero-order valence-corrected chi connectivity index (χ0v) is 31.9. The molecule has 0 unspecified atom stereocenters. The zero-order chi connectivity index (χ0) is 38.9. The van der Waals surface area contributed by atoms with Gasteiger partial charge in [0.1, 0.15) is 0 Å². The second-order valence-electron chi connectivity index (χ2n) is 15.2. The second kappa shape index (κ2) is 13.3. The van der Waals surface area contributed by atoms with Crippen molar-refractivity contribution in [2.45, 2.75) is 0 Å². The van der Waals surface area contributed by atoms with E-state index in [1.54, 1.807) is 0 Å². The fourth-order valence-corrected chi connectivity index (χ4v) is 8.95. The molecule has 10 aromatic carbocycles. The predicted molar refractivity (Wildman–Crippen MR) is 246 cm³/mol. The van der Waals surface area contributed by atoms with Crippen LogP contribution in [0.15, 0.2) is 206 Å². The SMILES string of the molecule is c1ccc(-c2nc(-c3ccc4ccccc4c3)nc(-c3ccc(-n4c5cc6ccccc6cc5c5cc6ccccc6cc54)c4cccc(-c5ccccc5)c34)n2)cc1. The highest BCUT2D eigenvalue weighted by Gasteiger charge is 2.22. The van der Waals surface area contributed by atoms with Gasteiger partial charge in [-0.25, -0.2) is 15.0 Å². The van der Waals surface area contributed by atoms with Crippen molar-refractivity contribution in [3.05, 3.63) is 206 Å². The second-order valence-corrected chi connectivity index (χ2v) is 15.2. The first kappa shape index (κ1) is 33.2. The highest BCUT2D eigenvalue weighted by molar-refractivity contribution is 6.18. The minimum atomic E-state index is 0.626. The third-order valence-electron chi connectivity index (χ3n) is 11.8. The number of aromatic nitrogens is 4. The number of rotatable bonds is 5. The molecule has 0 aliphatic heterocycles. The lowest BCUT2D eigenvalue weighted by molar-refractivity contribution is 1.08. The molecule has 2 aromatic heterocycles. The highest BCUT2D eigenvalue weighted by atomic mass is 15.0. The Hall–Kier alpha value is -7.95. The molecule has 12 aromatic rings. The van der Waals surface area contributed by atoms with E-state index in [0.717, 1.165) is 49.7 Å². The van der Waals surface area contributed by atoms with Gasteiger partial charge in [0, 0.05) is 38.2 Å². The van der Waals surface area contributed by atoms with Crippen LogP contribution in [0.4, 0.5) is 0 Å². The molecular formula is C55H34N4. The minimum Gasteiger partial charge on any atom is -0.309 e. The van der Waals surface area contributed by atoms with Crippen LogP contribution in [0.1, 0.15) is 0 Å². The summed E-state index contributed by atoms with van der Waals surface area (Å²) in [5.74, 6) is 1.89. The molecule has 0 saturated heterocycles. The van der Waals surface area contributed by atoms with E-state index >= 15 is 0 Å². The van der Waals surface area contributed by atoms with Crippen molar-refractivity contribution in [2.24, 2.45) is 0 Å². The standard InChI is InChI=1S/C55H34N4/c1-3-15-36(16-4-1)44-24-13-25-45-49(59-50-33-41-22-11-9-20-39(41)31-47(50)48-32-40-21-10-12-23-42(40)34-51(48)59)29-28-46(52(44)45)55-57-53(37-17-5-2-6-18-37)56-54(58-55)43-27-26-35-14-7-8-19-38(35)30-43/h1-34H. The summed E-state index contributed by atoms with van der Waals surface area (Å²) in [6.45, 7) is 0. The summed E-state index contributed by atoms with van der Waals surface area (Å²) in [5, 5.41) is 11.8. The van der Waals surface area contributed by atoms with Crippen LogP contribution in [-0.2, 0) is 0 Å². The Morgan fingerprint density at radius 1 is 0.288 bits per heavy atom. The number of hydrogen-bond donors (Lipinski definition) is 0. The molecule has 0 fully saturated rings. The Kier molecular flexibility index (Phi) is 7.50. The molecule has 0 radical (unpaired) electrons. The smallest absolute Gasteiger partial charge is 0.164 e. The molecule has 0 N–H and O–H groups in total. The van der Waals surface area contributed by atoms with Gasteiger partial charge in [-0.1, -0.05) is 164 Å². The Balaban J connectivity index is 1.18. The van der Waals surface area contributed by atoms with Gasteiger partial charge in [-0.2, -0.15) is 0 Å². The fourth-order valence-electron chi connectivity index (χ4n) is 8.95.